The average Bonchev–Trinajstić information content (AvgIpc) is 4.04. The van der Waals surface area contributed by atoms with Gasteiger partial charge in [-0.1, -0.05) is 53.7 Å². The van der Waals surface area contributed by atoms with Crippen molar-refractivity contribution < 1.29 is 45.4 Å². The van der Waals surface area contributed by atoms with Gasteiger partial charge in [-0.3, -0.25) is 19.1 Å². The largest absolute Gasteiger partial charge is 0.496 e. The van der Waals surface area contributed by atoms with Crippen LogP contribution in [0.15, 0.2) is 60.5 Å². The van der Waals surface area contributed by atoms with E-state index in [1.165, 1.54) is 34.4 Å². The number of amides is 3. The van der Waals surface area contributed by atoms with Crippen LogP contribution in [0.3, 0.4) is 0 Å². The summed E-state index contributed by atoms with van der Waals surface area (Å²) in [4.78, 5) is 55.0. The van der Waals surface area contributed by atoms with Crippen molar-refractivity contribution in [3.8, 4) is 22.2 Å². The van der Waals surface area contributed by atoms with Crippen LogP contribution in [0, 0.1) is 24.2 Å². The zero-order valence-electron chi connectivity index (χ0n) is 37.3. The summed E-state index contributed by atoms with van der Waals surface area (Å²) in [5.74, 6) is -2.45. The molecule has 13 nitrogen and oxygen atoms in total. The lowest BCUT2D eigenvalue weighted by molar-refractivity contribution is -0.142. The van der Waals surface area contributed by atoms with Gasteiger partial charge in [0.05, 0.1) is 35.2 Å². The van der Waals surface area contributed by atoms with Gasteiger partial charge in [-0.15, -0.1) is 17.9 Å². The highest BCUT2D eigenvalue weighted by atomic mass is 32.2. The molecular weight excluding hydrogens is 870 g/mol. The second kappa shape index (κ2) is 16.6. The van der Waals surface area contributed by atoms with E-state index in [4.69, 9.17) is 19.4 Å². The molecule has 1 aliphatic heterocycles. The second-order valence-corrected chi connectivity index (χ2v) is 21.9. The summed E-state index contributed by atoms with van der Waals surface area (Å²) in [6, 6.07) is 7.46. The van der Waals surface area contributed by atoms with Gasteiger partial charge in [0.15, 0.2) is 0 Å². The molecular formula is C46H55F3N6O7S2. The Morgan fingerprint density at radius 2 is 1.77 bits per heavy atom. The van der Waals surface area contributed by atoms with Gasteiger partial charge in [0.2, 0.25) is 21.8 Å². The number of aromatic nitrogens is 2. The Morgan fingerprint density at radius 1 is 1.06 bits per heavy atom. The highest BCUT2D eigenvalue weighted by Gasteiger charge is 2.63. The molecule has 18 heteroatoms. The van der Waals surface area contributed by atoms with E-state index < -0.39 is 85.2 Å². The van der Waals surface area contributed by atoms with Crippen molar-refractivity contribution in [2.24, 2.45) is 17.3 Å². The lowest BCUT2D eigenvalue weighted by Crippen LogP contribution is -2.59. The first-order valence-electron chi connectivity index (χ1n) is 21.2. The van der Waals surface area contributed by atoms with E-state index in [1.54, 1.807) is 53.9 Å². The molecule has 3 fully saturated rings. The SMILES string of the molecule is C=C[C@@H]1C[C@]1(NC(=O)[C@@H]1[C@H](C)[C@@H](Oc2cc(-c3nc(C(C)C)cs3)nc3c(C)c(OC)ccc23)CN1C(=O)[C@@H](Nc1cccc(C(F)(F)F)c1)C(C)(C)C)C(=O)NS(=O)(=O)C1(C)CC1. The molecule has 3 heterocycles. The van der Waals surface area contributed by atoms with Crippen LogP contribution >= 0.6 is 11.3 Å². The Balaban J connectivity index is 1.28. The molecule has 64 heavy (non-hydrogen) atoms. The van der Waals surface area contributed by atoms with E-state index in [0.29, 0.717) is 45.9 Å². The zero-order valence-corrected chi connectivity index (χ0v) is 39.0. The van der Waals surface area contributed by atoms with Gasteiger partial charge in [-0.25, -0.2) is 18.4 Å². The van der Waals surface area contributed by atoms with Crippen molar-refractivity contribution in [3.05, 3.63) is 77.3 Å². The fourth-order valence-electron chi connectivity index (χ4n) is 8.23. The first-order chi connectivity index (χ1) is 29.8. The quantitative estimate of drug-likeness (QED) is 0.105. The van der Waals surface area contributed by atoms with Crippen LogP contribution in [0.2, 0.25) is 0 Å². The second-order valence-electron chi connectivity index (χ2n) is 18.9. The Bertz CT molecular complexity index is 2620. The van der Waals surface area contributed by atoms with Crippen LogP contribution in [-0.2, 0) is 30.6 Å². The summed E-state index contributed by atoms with van der Waals surface area (Å²) in [5.41, 5.74) is -0.678. The molecule has 4 aromatic rings. The minimum Gasteiger partial charge on any atom is -0.496 e. The van der Waals surface area contributed by atoms with Crippen molar-refractivity contribution in [2.45, 2.75) is 115 Å². The number of nitrogens with one attached hydrogen (secondary N) is 3. The summed E-state index contributed by atoms with van der Waals surface area (Å²) >= 11 is 1.43. The number of halogens is 3. The standard InChI is InChI=1S/C46H55F3N6O7S2/c1-11-27-21-45(27,42(58)54-64(59,60)44(9)17-18-44)53-39(56)37-26(5)35(22-55(37)41(57)38(43(6,7)8)50-29-14-12-13-28(19-29)46(47,48)49)62-34-20-31(40-52-32(23-63-40)24(2)3)51-36-25(4)33(61-10)16-15-30(34)36/h11-16,19-20,23-24,26-27,35,37-38,50H,1,17-18,21-22H2,2-10H3,(H,53,56)(H,54,58)/t26-,27-,35+,37+,38-,45-/m1/s1. The molecule has 344 valence electrons. The number of likely N-dealkylation sites (tertiary alicyclic amines) is 1. The van der Waals surface area contributed by atoms with E-state index >= 15 is 4.79 Å². The number of alkyl halides is 3. The number of hydrogen-bond acceptors (Lipinski definition) is 11. The van der Waals surface area contributed by atoms with Crippen LogP contribution < -0.4 is 24.8 Å². The number of nitrogens with zero attached hydrogens (tertiary/aromatic N) is 3. The summed E-state index contributed by atoms with van der Waals surface area (Å²) in [6.07, 6.45) is -3.19. The van der Waals surface area contributed by atoms with Crippen molar-refractivity contribution >= 4 is 55.7 Å². The molecule has 3 amide bonds. The van der Waals surface area contributed by atoms with Crippen LogP contribution in [0.25, 0.3) is 21.6 Å². The molecule has 2 aromatic heterocycles. The van der Waals surface area contributed by atoms with Gasteiger partial charge in [0.1, 0.15) is 45.9 Å². The number of carbonyl (C=O) groups excluding carboxylic acids is 3. The van der Waals surface area contributed by atoms with E-state index in [-0.39, 0.29) is 24.6 Å². The van der Waals surface area contributed by atoms with Crippen LogP contribution in [-0.4, -0.2) is 83.1 Å². The maximum absolute atomic E-state index is 15.1. The van der Waals surface area contributed by atoms with Crippen molar-refractivity contribution in [1.29, 1.82) is 0 Å². The number of pyridine rings is 1. The Morgan fingerprint density at radius 3 is 2.34 bits per heavy atom. The molecule has 2 aromatic carbocycles. The monoisotopic (exact) mass is 924 g/mol. The fraction of sp³-hybridized carbons (Fsp3) is 0.500. The molecule has 6 atom stereocenters. The van der Waals surface area contributed by atoms with Gasteiger partial charge in [0.25, 0.3) is 5.91 Å². The van der Waals surface area contributed by atoms with Gasteiger partial charge in [-0.2, -0.15) is 13.2 Å². The molecule has 2 saturated carbocycles. The molecule has 0 radical (unpaired) electrons. The van der Waals surface area contributed by atoms with E-state index in [1.807, 2.05) is 32.2 Å². The molecule has 7 rings (SSSR count). The highest BCUT2D eigenvalue weighted by molar-refractivity contribution is 7.91. The number of fused-ring (bicyclic) bond motifs is 1. The first-order valence-corrected chi connectivity index (χ1v) is 23.6. The summed E-state index contributed by atoms with van der Waals surface area (Å²) in [5, 5.41) is 9.13. The number of benzene rings is 2. The smallest absolute Gasteiger partial charge is 0.416 e. The third kappa shape index (κ3) is 8.79. The highest BCUT2D eigenvalue weighted by Crippen LogP contribution is 2.48. The van der Waals surface area contributed by atoms with Crippen LogP contribution in [0.4, 0.5) is 18.9 Å². The molecule has 0 spiro atoms. The summed E-state index contributed by atoms with van der Waals surface area (Å²) < 4.78 is 81.5. The number of aryl methyl sites for hydroxylation is 1. The zero-order chi connectivity index (χ0) is 46.9. The number of methoxy groups -OCH3 is 1. The van der Waals surface area contributed by atoms with Gasteiger partial charge in [0, 0.05) is 39.9 Å². The molecule has 1 saturated heterocycles. The minimum atomic E-state index is -4.64. The minimum absolute atomic E-state index is 0.0431. The normalized spacial score (nSPS) is 23.4. The average molecular weight is 925 g/mol. The number of thiazole rings is 1. The summed E-state index contributed by atoms with van der Waals surface area (Å²) in [7, 11) is -2.52. The maximum atomic E-state index is 15.1. The predicted molar refractivity (Wildman–Crippen MR) is 239 cm³/mol. The third-order valence-corrected chi connectivity index (χ3v) is 15.9. The van der Waals surface area contributed by atoms with Crippen molar-refractivity contribution in [1.82, 2.24) is 24.9 Å². The molecule has 3 N–H and O–H groups in total. The predicted octanol–water partition coefficient (Wildman–Crippen LogP) is 8.00. The lowest BCUT2D eigenvalue weighted by atomic mass is 9.85. The number of sulfonamides is 1. The van der Waals surface area contributed by atoms with Crippen molar-refractivity contribution in [2.75, 3.05) is 19.0 Å². The van der Waals surface area contributed by atoms with Crippen LogP contribution in [0.5, 0.6) is 11.5 Å². The Kier molecular flexibility index (Phi) is 12.2. The number of carbonyl (C=O) groups is 3. The fourth-order valence-corrected chi connectivity index (χ4v) is 10.5. The lowest BCUT2D eigenvalue weighted by Gasteiger charge is -2.36. The topological polar surface area (TPSA) is 169 Å². The van der Waals surface area contributed by atoms with E-state index in [0.717, 1.165) is 23.4 Å². The summed E-state index contributed by atoms with van der Waals surface area (Å²) in [6.45, 7) is 18.2. The molecule has 2 aliphatic carbocycles. The first kappa shape index (κ1) is 46.8. The van der Waals surface area contributed by atoms with Gasteiger partial charge in [-0.05, 0) is 74.8 Å². The van der Waals surface area contributed by atoms with Gasteiger partial charge < -0.3 is 25.0 Å². The number of ether oxygens (including phenoxy) is 2. The number of hydrogen-bond donors (Lipinski definition) is 3. The molecule has 0 bridgehead atoms. The van der Waals surface area contributed by atoms with E-state index in [2.05, 4.69) is 21.9 Å². The van der Waals surface area contributed by atoms with E-state index in [9.17, 15) is 31.2 Å². The molecule has 3 aliphatic rings. The van der Waals surface area contributed by atoms with Crippen LogP contribution in [0.1, 0.15) is 90.5 Å². The molecule has 0 unspecified atom stereocenters. The number of anilines is 1. The van der Waals surface area contributed by atoms with Crippen molar-refractivity contribution in [3.63, 3.8) is 0 Å². The van der Waals surface area contributed by atoms with Gasteiger partial charge >= 0.3 is 6.18 Å². The number of rotatable bonds is 14. The Hall–Kier alpha value is -5.23. The Labute approximate surface area is 375 Å². The third-order valence-electron chi connectivity index (χ3n) is 12.8. The maximum Gasteiger partial charge on any atom is 0.416 e.